The van der Waals surface area contributed by atoms with Gasteiger partial charge < -0.3 is 14.7 Å². The molecule has 0 amide bonds. The van der Waals surface area contributed by atoms with E-state index in [-0.39, 0.29) is 17.8 Å². The lowest BCUT2D eigenvalue weighted by Crippen LogP contribution is -2.35. The second kappa shape index (κ2) is 7.60. The second-order valence-corrected chi connectivity index (χ2v) is 8.01. The van der Waals surface area contributed by atoms with Gasteiger partial charge in [0.2, 0.25) is 0 Å². The van der Waals surface area contributed by atoms with Crippen LogP contribution in [0.3, 0.4) is 0 Å². The van der Waals surface area contributed by atoms with Gasteiger partial charge in [0.15, 0.2) is 16.7 Å². The van der Waals surface area contributed by atoms with Crippen LogP contribution in [0, 0.1) is 0 Å². The van der Waals surface area contributed by atoms with Gasteiger partial charge in [-0.05, 0) is 37.1 Å². The molecule has 3 unspecified atom stereocenters. The van der Waals surface area contributed by atoms with Crippen molar-refractivity contribution in [1.29, 1.82) is 0 Å². The third-order valence-corrected chi connectivity index (χ3v) is 6.48. The number of benzene rings is 1. The predicted octanol–water partition coefficient (Wildman–Crippen LogP) is 4.82. The molecule has 7 heteroatoms. The maximum absolute atomic E-state index is 10.2. The van der Waals surface area contributed by atoms with Crippen LogP contribution in [0.15, 0.2) is 41.5 Å². The van der Waals surface area contributed by atoms with E-state index in [1.165, 1.54) is 0 Å². The molecule has 5 nitrogen and oxygen atoms in total. The Morgan fingerprint density at radius 1 is 1.33 bits per heavy atom. The number of phenols is 1. The molecule has 1 fully saturated rings. The van der Waals surface area contributed by atoms with Gasteiger partial charge in [-0.2, -0.15) is 0 Å². The molecule has 2 aliphatic heterocycles. The van der Waals surface area contributed by atoms with E-state index in [9.17, 15) is 5.11 Å². The number of halogens is 1. The molecule has 4 rings (SSSR count). The van der Waals surface area contributed by atoms with Gasteiger partial charge >= 0.3 is 0 Å². The normalized spacial score (nSPS) is 24.0. The van der Waals surface area contributed by atoms with Crippen LogP contribution in [0.1, 0.15) is 43.6 Å². The summed E-state index contributed by atoms with van der Waals surface area (Å²) in [5, 5.41) is 11.8. The fourth-order valence-corrected chi connectivity index (χ4v) is 5.35. The number of nitrogens with zero attached hydrogens (tertiary/aromatic N) is 3. The Kier molecular flexibility index (Phi) is 5.19. The molecule has 2 aromatic rings. The summed E-state index contributed by atoms with van der Waals surface area (Å²) in [6.45, 7) is 4.57. The number of aromatic hydroxyl groups is 1. The number of pyridine rings is 1. The van der Waals surface area contributed by atoms with E-state index in [1.54, 1.807) is 24.0 Å². The van der Waals surface area contributed by atoms with Gasteiger partial charge in [0.05, 0.1) is 18.3 Å². The summed E-state index contributed by atoms with van der Waals surface area (Å²) in [6, 6.07) is 9.52. The molecule has 0 bridgehead atoms. The first-order chi connectivity index (χ1) is 13.1. The standard InChI is InChI=1S/C20H22ClN3O2S/c1-3-12-11-27-20-23-18(15-7-5-6-8-22-15)19(24(12)20)13-9-17(26-4-2)16(25)10-14(13)21/h5-10,12,18-19,25H,3-4,11H2,1-2H3. The largest absolute Gasteiger partial charge is 0.504 e. The SMILES string of the molecule is CCOc1cc(C2C(c3ccccn3)N=C3SCC(CC)N32)c(Cl)cc1O. The first kappa shape index (κ1) is 18.4. The number of aromatic nitrogens is 1. The number of hydrogen-bond acceptors (Lipinski definition) is 6. The summed E-state index contributed by atoms with van der Waals surface area (Å²) in [6.07, 6.45) is 2.83. The lowest BCUT2D eigenvalue weighted by molar-refractivity contribution is 0.253. The molecular weight excluding hydrogens is 382 g/mol. The van der Waals surface area contributed by atoms with Crippen LogP contribution < -0.4 is 4.74 Å². The van der Waals surface area contributed by atoms with Crippen molar-refractivity contribution >= 4 is 28.5 Å². The lowest BCUT2D eigenvalue weighted by Gasteiger charge is -2.32. The van der Waals surface area contributed by atoms with Gasteiger partial charge in [0, 0.05) is 29.1 Å². The number of fused-ring (bicyclic) bond motifs is 1. The van der Waals surface area contributed by atoms with Gasteiger partial charge in [-0.15, -0.1) is 0 Å². The van der Waals surface area contributed by atoms with E-state index in [4.69, 9.17) is 21.3 Å². The summed E-state index contributed by atoms with van der Waals surface area (Å²) in [5.74, 6) is 1.53. The molecular formula is C20H22ClN3O2S. The maximum Gasteiger partial charge on any atom is 0.161 e. The van der Waals surface area contributed by atoms with Gasteiger partial charge in [-0.1, -0.05) is 36.4 Å². The highest BCUT2D eigenvalue weighted by Crippen LogP contribution is 2.51. The van der Waals surface area contributed by atoms with Crippen LogP contribution in [0.5, 0.6) is 11.5 Å². The predicted molar refractivity (Wildman–Crippen MR) is 110 cm³/mol. The Morgan fingerprint density at radius 3 is 2.89 bits per heavy atom. The van der Waals surface area contributed by atoms with Crippen LogP contribution in [-0.4, -0.2) is 38.6 Å². The average molecular weight is 404 g/mol. The molecule has 1 N–H and O–H groups in total. The van der Waals surface area contributed by atoms with Gasteiger partial charge in [0.25, 0.3) is 0 Å². The molecule has 27 heavy (non-hydrogen) atoms. The van der Waals surface area contributed by atoms with Crippen molar-refractivity contribution in [2.45, 2.75) is 38.4 Å². The summed E-state index contributed by atoms with van der Waals surface area (Å²) in [4.78, 5) is 11.9. The minimum Gasteiger partial charge on any atom is -0.504 e. The zero-order valence-corrected chi connectivity index (χ0v) is 16.9. The molecule has 0 radical (unpaired) electrons. The molecule has 0 saturated carbocycles. The number of thioether (sulfide) groups is 1. The first-order valence-corrected chi connectivity index (χ1v) is 10.6. The van der Waals surface area contributed by atoms with Crippen LogP contribution in [0.25, 0.3) is 0 Å². The Hall–Kier alpha value is -1.92. The third-order valence-electron chi connectivity index (χ3n) is 5.03. The number of rotatable bonds is 5. The highest BCUT2D eigenvalue weighted by molar-refractivity contribution is 8.14. The van der Waals surface area contributed by atoms with Crippen molar-refractivity contribution in [3.63, 3.8) is 0 Å². The van der Waals surface area contributed by atoms with Crippen molar-refractivity contribution in [1.82, 2.24) is 9.88 Å². The number of phenolic OH excluding ortho intramolecular Hbond substituents is 1. The van der Waals surface area contributed by atoms with Gasteiger partial charge in [-0.25, -0.2) is 0 Å². The van der Waals surface area contributed by atoms with Crippen LogP contribution in [-0.2, 0) is 0 Å². The summed E-state index contributed by atoms with van der Waals surface area (Å²) in [7, 11) is 0. The Bertz CT molecular complexity index is 862. The monoisotopic (exact) mass is 403 g/mol. The van der Waals surface area contributed by atoms with Gasteiger partial charge in [-0.3, -0.25) is 9.98 Å². The number of aliphatic imine (C=N–C) groups is 1. The zero-order valence-electron chi connectivity index (χ0n) is 15.3. The minimum absolute atomic E-state index is 0.0574. The molecule has 1 aromatic heterocycles. The Balaban J connectivity index is 1.83. The fraction of sp³-hybridized carbons (Fsp3) is 0.400. The van der Waals surface area contributed by atoms with Crippen molar-refractivity contribution in [2.24, 2.45) is 4.99 Å². The van der Waals surface area contributed by atoms with Crippen molar-refractivity contribution < 1.29 is 9.84 Å². The summed E-state index contributed by atoms with van der Waals surface area (Å²) in [5.41, 5.74) is 1.83. The van der Waals surface area contributed by atoms with Gasteiger partial charge in [0.1, 0.15) is 6.04 Å². The van der Waals surface area contributed by atoms with Crippen molar-refractivity contribution in [2.75, 3.05) is 12.4 Å². The highest BCUT2D eigenvalue weighted by Gasteiger charge is 2.46. The average Bonchev–Trinajstić information content (AvgIpc) is 3.24. The molecule has 2 aliphatic rings. The van der Waals surface area contributed by atoms with Crippen molar-refractivity contribution in [3.05, 3.63) is 52.8 Å². The van der Waals surface area contributed by atoms with Crippen LogP contribution >= 0.6 is 23.4 Å². The van der Waals surface area contributed by atoms with Crippen LogP contribution in [0.2, 0.25) is 5.02 Å². The molecule has 1 aromatic carbocycles. The molecule has 0 aliphatic carbocycles. The van der Waals surface area contributed by atoms with E-state index in [0.717, 1.165) is 28.6 Å². The third kappa shape index (κ3) is 3.25. The van der Waals surface area contributed by atoms with Crippen LogP contribution in [0.4, 0.5) is 0 Å². The minimum atomic E-state index is -0.139. The highest BCUT2D eigenvalue weighted by atomic mass is 35.5. The van der Waals surface area contributed by atoms with E-state index in [2.05, 4.69) is 16.8 Å². The number of ether oxygens (including phenoxy) is 1. The Labute approximate surface area is 168 Å². The summed E-state index contributed by atoms with van der Waals surface area (Å²) >= 11 is 8.39. The number of hydrogen-bond donors (Lipinski definition) is 1. The number of amidine groups is 1. The molecule has 1 saturated heterocycles. The quantitative estimate of drug-likeness (QED) is 0.775. The first-order valence-electron chi connectivity index (χ1n) is 9.19. The van der Waals surface area contributed by atoms with E-state index >= 15 is 0 Å². The van der Waals surface area contributed by atoms with E-state index in [1.807, 2.05) is 31.2 Å². The maximum atomic E-state index is 10.2. The van der Waals surface area contributed by atoms with Crippen molar-refractivity contribution in [3.8, 4) is 11.5 Å². The fourth-order valence-electron chi connectivity index (χ4n) is 3.74. The molecule has 3 atom stereocenters. The smallest absolute Gasteiger partial charge is 0.161 e. The van der Waals surface area contributed by atoms with E-state index < -0.39 is 0 Å². The Morgan fingerprint density at radius 2 is 2.19 bits per heavy atom. The molecule has 142 valence electrons. The van der Waals surface area contributed by atoms with E-state index in [0.29, 0.717) is 23.4 Å². The zero-order chi connectivity index (χ0) is 19.0. The molecule has 0 spiro atoms. The topological polar surface area (TPSA) is 58.0 Å². The lowest BCUT2D eigenvalue weighted by atomic mass is 9.94. The second-order valence-electron chi connectivity index (χ2n) is 6.61. The summed E-state index contributed by atoms with van der Waals surface area (Å²) < 4.78 is 5.61. The molecule has 3 heterocycles.